The molecule has 0 bridgehead atoms. The van der Waals surface area contributed by atoms with Crippen molar-refractivity contribution in [2.75, 3.05) is 0 Å². The lowest BCUT2D eigenvalue weighted by Crippen LogP contribution is -1.79. The summed E-state index contributed by atoms with van der Waals surface area (Å²) in [6.07, 6.45) is 11.4. The maximum Gasteiger partial charge on any atom is 0.0951 e. The van der Waals surface area contributed by atoms with Gasteiger partial charge in [0.25, 0.3) is 0 Å². The van der Waals surface area contributed by atoms with Gasteiger partial charge >= 0.3 is 0 Å². The highest BCUT2D eigenvalue weighted by Crippen LogP contribution is 2.09. The molecule has 1 aromatic rings. The minimum Gasteiger partial charge on any atom is -0.340 e. The second-order valence-electron chi connectivity index (χ2n) is 2.89. The van der Waals surface area contributed by atoms with Crippen molar-refractivity contribution in [3.05, 3.63) is 49.1 Å². The standard InChI is InChI=1S/C11H14N2/c1-4-5-6-7-10(2)11-8-13(3)9-12-11/h4-9H,1H2,2-3H3/b6-5-,10-7+. The van der Waals surface area contributed by atoms with E-state index in [9.17, 15) is 0 Å². The average Bonchev–Trinajstić information content (AvgIpc) is 2.52. The first-order valence-electron chi connectivity index (χ1n) is 4.18. The topological polar surface area (TPSA) is 17.8 Å². The highest BCUT2D eigenvalue weighted by Gasteiger charge is 1.96. The van der Waals surface area contributed by atoms with Gasteiger partial charge in [-0.25, -0.2) is 4.98 Å². The number of hydrogen-bond donors (Lipinski definition) is 0. The molecule has 0 saturated carbocycles. The summed E-state index contributed by atoms with van der Waals surface area (Å²) in [5, 5.41) is 0. The molecule has 0 aliphatic heterocycles. The molecular weight excluding hydrogens is 160 g/mol. The van der Waals surface area contributed by atoms with Crippen LogP contribution in [-0.4, -0.2) is 9.55 Å². The van der Waals surface area contributed by atoms with Crippen molar-refractivity contribution in [1.82, 2.24) is 9.55 Å². The van der Waals surface area contributed by atoms with Crippen LogP contribution < -0.4 is 0 Å². The number of rotatable bonds is 3. The van der Waals surface area contributed by atoms with Crippen LogP contribution in [0.2, 0.25) is 0 Å². The van der Waals surface area contributed by atoms with Gasteiger partial charge in [0.1, 0.15) is 0 Å². The maximum absolute atomic E-state index is 4.23. The number of nitrogens with zero attached hydrogens (tertiary/aromatic N) is 2. The number of imidazole rings is 1. The van der Waals surface area contributed by atoms with Crippen LogP contribution in [0.5, 0.6) is 0 Å². The van der Waals surface area contributed by atoms with E-state index in [4.69, 9.17) is 0 Å². The zero-order valence-corrected chi connectivity index (χ0v) is 8.07. The van der Waals surface area contributed by atoms with Gasteiger partial charge in [-0.1, -0.05) is 30.9 Å². The summed E-state index contributed by atoms with van der Waals surface area (Å²) in [5.41, 5.74) is 2.16. The molecule has 1 heterocycles. The van der Waals surface area contributed by atoms with E-state index in [1.54, 1.807) is 12.4 Å². The molecule has 0 fully saturated rings. The minimum absolute atomic E-state index is 1.01. The Balaban J connectivity index is 2.78. The first-order chi connectivity index (χ1) is 6.24. The zero-order valence-electron chi connectivity index (χ0n) is 8.07. The average molecular weight is 174 g/mol. The largest absolute Gasteiger partial charge is 0.340 e. The van der Waals surface area contributed by atoms with Crippen molar-refractivity contribution >= 4 is 5.57 Å². The Hall–Kier alpha value is -1.57. The van der Waals surface area contributed by atoms with Gasteiger partial charge in [0.2, 0.25) is 0 Å². The van der Waals surface area contributed by atoms with Gasteiger partial charge < -0.3 is 4.57 Å². The molecule has 0 saturated heterocycles. The lowest BCUT2D eigenvalue weighted by Gasteiger charge is -1.91. The van der Waals surface area contributed by atoms with Crippen molar-refractivity contribution in [2.24, 2.45) is 7.05 Å². The second-order valence-corrected chi connectivity index (χ2v) is 2.89. The van der Waals surface area contributed by atoms with Crippen LogP contribution >= 0.6 is 0 Å². The molecule has 68 valence electrons. The van der Waals surface area contributed by atoms with Crippen molar-refractivity contribution in [3.63, 3.8) is 0 Å². The number of allylic oxidation sites excluding steroid dienone is 5. The Morgan fingerprint density at radius 3 is 2.85 bits per heavy atom. The van der Waals surface area contributed by atoms with E-state index in [2.05, 4.69) is 11.6 Å². The monoisotopic (exact) mass is 174 g/mol. The number of aromatic nitrogens is 2. The van der Waals surface area contributed by atoms with E-state index in [1.807, 2.05) is 43.0 Å². The van der Waals surface area contributed by atoms with Crippen molar-refractivity contribution in [1.29, 1.82) is 0 Å². The number of aryl methyl sites for hydroxylation is 1. The molecule has 0 amide bonds. The third-order valence-corrected chi connectivity index (χ3v) is 1.70. The Labute approximate surface area is 78.9 Å². The molecule has 1 aromatic heterocycles. The summed E-state index contributed by atoms with van der Waals surface area (Å²) in [6.45, 7) is 5.64. The zero-order chi connectivity index (χ0) is 9.68. The Morgan fingerprint density at radius 2 is 2.31 bits per heavy atom. The van der Waals surface area contributed by atoms with Crippen LogP contribution in [0.1, 0.15) is 12.6 Å². The highest BCUT2D eigenvalue weighted by atomic mass is 15.0. The first-order valence-corrected chi connectivity index (χ1v) is 4.18. The molecule has 0 aromatic carbocycles. The fraction of sp³-hybridized carbons (Fsp3) is 0.182. The molecule has 0 aliphatic rings. The molecule has 1 rings (SSSR count). The predicted octanol–water partition coefficient (Wildman–Crippen LogP) is 2.57. The van der Waals surface area contributed by atoms with Gasteiger partial charge in [0.15, 0.2) is 0 Å². The van der Waals surface area contributed by atoms with Crippen LogP contribution in [0.15, 0.2) is 43.4 Å². The van der Waals surface area contributed by atoms with Crippen LogP contribution in [0, 0.1) is 0 Å². The number of hydrogen-bond acceptors (Lipinski definition) is 1. The summed E-state index contributed by atoms with van der Waals surface area (Å²) in [7, 11) is 1.96. The third-order valence-electron chi connectivity index (χ3n) is 1.70. The van der Waals surface area contributed by atoms with Crippen LogP contribution in [0.4, 0.5) is 0 Å². The van der Waals surface area contributed by atoms with Crippen molar-refractivity contribution < 1.29 is 0 Å². The quantitative estimate of drug-likeness (QED) is 0.644. The van der Waals surface area contributed by atoms with Crippen molar-refractivity contribution in [3.8, 4) is 0 Å². The summed E-state index contributed by atoms with van der Waals surface area (Å²) < 4.78 is 1.93. The fourth-order valence-corrected chi connectivity index (χ4v) is 0.980. The van der Waals surface area contributed by atoms with Crippen LogP contribution in [0.25, 0.3) is 5.57 Å². The molecule has 0 atom stereocenters. The van der Waals surface area contributed by atoms with Gasteiger partial charge in [0, 0.05) is 13.2 Å². The lowest BCUT2D eigenvalue weighted by molar-refractivity contribution is 0.913. The van der Waals surface area contributed by atoms with Gasteiger partial charge in [-0.15, -0.1) is 0 Å². The Morgan fingerprint density at radius 1 is 1.54 bits per heavy atom. The van der Waals surface area contributed by atoms with E-state index in [1.165, 1.54) is 0 Å². The molecule has 0 spiro atoms. The van der Waals surface area contributed by atoms with Crippen molar-refractivity contribution in [2.45, 2.75) is 6.92 Å². The van der Waals surface area contributed by atoms with Gasteiger partial charge in [-0.3, -0.25) is 0 Å². The van der Waals surface area contributed by atoms with E-state index < -0.39 is 0 Å². The lowest BCUT2D eigenvalue weighted by atomic mass is 10.2. The van der Waals surface area contributed by atoms with E-state index in [0.717, 1.165) is 11.3 Å². The molecule has 13 heavy (non-hydrogen) atoms. The summed E-state index contributed by atoms with van der Waals surface area (Å²) in [5.74, 6) is 0. The SMILES string of the molecule is C=C/C=C\C=C(/C)c1cn(C)cn1. The highest BCUT2D eigenvalue weighted by molar-refractivity contribution is 5.61. The van der Waals surface area contributed by atoms with Gasteiger partial charge in [-0.2, -0.15) is 0 Å². The predicted molar refractivity (Wildman–Crippen MR) is 56.2 cm³/mol. The Kier molecular flexibility index (Phi) is 3.26. The smallest absolute Gasteiger partial charge is 0.0951 e. The van der Waals surface area contributed by atoms with Crippen LogP contribution in [0.3, 0.4) is 0 Å². The summed E-state index contributed by atoms with van der Waals surface area (Å²) >= 11 is 0. The summed E-state index contributed by atoms with van der Waals surface area (Å²) in [4.78, 5) is 4.23. The summed E-state index contributed by atoms with van der Waals surface area (Å²) in [6, 6.07) is 0. The molecule has 0 unspecified atom stereocenters. The van der Waals surface area contributed by atoms with Gasteiger partial charge in [0.05, 0.1) is 12.0 Å². The van der Waals surface area contributed by atoms with Crippen LogP contribution in [-0.2, 0) is 7.05 Å². The Bertz CT molecular complexity index is 343. The molecular formula is C11H14N2. The normalized spacial score (nSPS) is 12.3. The molecule has 0 N–H and O–H groups in total. The first kappa shape index (κ1) is 9.52. The maximum atomic E-state index is 4.23. The second kappa shape index (κ2) is 4.45. The van der Waals surface area contributed by atoms with E-state index in [-0.39, 0.29) is 0 Å². The molecule has 2 nitrogen and oxygen atoms in total. The van der Waals surface area contributed by atoms with E-state index in [0.29, 0.717) is 0 Å². The molecule has 0 radical (unpaired) electrons. The third kappa shape index (κ3) is 2.75. The van der Waals surface area contributed by atoms with E-state index >= 15 is 0 Å². The molecule has 0 aliphatic carbocycles. The molecule has 2 heteroatoms. The minimum atomic E-state index is 1.01. The fourth-order valence-electron chi connectivity index (χ4n) is 0.980. The van der Waals surface area contributed by atoms with Gasteiger partial charge in [-0.05, 0) is 12.5 Å².